The van der Waals surface area contributed by atoms with Crippen molar-refractivity contribution in [2.75, 3.05) is 18.1 Å². The van der Waals surface area contributed by atoms with Crippen LogP contribution in [0.2, 0.25) is 0 Å². The zero-order valence-corrected chi connectivity index (χ0v) is 10.6. The van der Waals surface area contributed by atoms with Crippen molar-refractivity contribution in [3.05, 3.63) is 46.2 Å². The van der Waals surface area contributed by atoms with Crippen molar-refractivity contribution >= 4 is 10.9 Å². The summed E-state index contributed by atoms with van der Waals surface area (Å²) in [4.78, 5) is 12.1. The Hall–Kier alpha value is -1.77. The fourth-order valence-electron chi connectivity index (χ4n) is 2.21. The van der Waals surface area contributed by atoms with Gasteiger partial charge in [0, 0.05) is 24.7 Å². The Kier molecular flexibility index (Phi) is 3.18. The standard InChI is InChI=1S/C14H18N2O/c1-4-15(5-2)16-10-11(3)12-8-6-7-9-13(17)14(12)16/h6-10H,4-5H2,1-3H3. The smallest absolute Gasteiger partial charge is 0.204 e. The lowest BCUT2D eigenvalue weighted by Crippen LogP contribution is -2.34. The van der Waals surface area contributed by atoms with E-state index in [9.17, 15) is 4.79 Å². The van der Waals surface area contributed by atoms with Gasteiger partial charge in [-0.25, -0.2) is 0 Å². The van der Waals surface area contributed by atoms with Gasteiger partial charge in [0.25, 0.3) is 0 Å². The Balaban J connectivity index is 2.83. The third kappa shape index (κ3) is 1.93. The summed E-state index contributed by atoms with van der Waals surface area (Å²) >= 11 is 0. The highest BCUT2D eigenvalue weighted by molar-refractivity contribution is 5.83. The predicted molar refractivity (Wildman–Crippen MR) is 72.2 cm³/mol. The van der Waals surface area contributed by atoms with Crippen molar-refractivity contribution in [3.63, 3.8) is 0 Å². The maximum absolute atomic E-state index is 12.1. The summed E-state index contributed by atoms with van der Waals surface area (Å²) in [7, 11) is 0. The van der Waals surface area contributed by atoms with Crippen LogP contribution in [0.15, 0.2) is 35.3 Å². The second kappa shape index (κ2) is 4.62. The highest BCUT2D eigenvalue weighted by Gasteiger charge is 2.10. The van der Waals surface area contributed by atoms with Crippen LogP contribution in [0.1, 0.15) is 19.4 Å². The molecule has 90 valence electrons. The van der Waals surface area contributed by atoms with E-state index in [4.69, 9.17) is 0 Å². The minimum atomic E-state index is 0.0741. The molecule has 0 amide bonds. The molecule has 0 N–H and O–H groups in total. The van der Waals surface area contributed by atoms with Gasteiger partial charge in [-0.1, -0.05) is 18.2 Å². The molecule has 2 rings (SSSR count). The van der Waals surface area contributed by atoms with E-state index in [0.29, 0.717) is 0 Å². The summed E-state index contributed by atoms with van der Waals surface area (Å²) < 4.78 is 1.99. The highest BCUT2D eigenvalue weighted by Crippen LogP contribution is 2.17. The molecule has 1 heterocycles. The van der Waals surface area contributed by atoms with Gasteiger partial charge in [-0.15, -0.1) is 0 Å². The van der Waals surface area contributed by atoms with Crippen molar-refractivity contribution < 1.29 is 0 Å². The Morgan fingerprint density at radius 1 is 1.18 bits per heavy atom. The highest BCUT2D eigenvalue weighted by atomic mass is 16.1. The summed E-state index contributed by atoms with van der Waals surface area (Å²) in [6.07, 6.45) is 2.04. The summed E-state index contributed by atoms with van der Waals surface area (Å²) in [5.74, 6) is 0. The average molecular weight is 230 g/mol. The lowest BCUT2D eigenvalue weighted by molar-refractivity contribution is 0.638. The Morgan fingerprint density at radius 3 is 2.47 bits per heavy atom. The van der Waals surface area contributed by atoms with Crippen molar-refractivity contribution in [3.8, 4) is 0 Å². The number of hydrogen-bond acceptors (Lipinski definition) is 2. The fourth-order valence-corrected chi connectivity index (χ4v) is 2.21. The van der Waals surface area contributed by atoms with Crippen LogP contribution < -0.4 is 10.4 Å². The quantitative estimate of drug-likeness (QED) is 0.808. The number of fused-ring (bicyclic) bond motifs is 1. The van der Waals surface area contributed by atoms with E-state index in [1.807, 2.05) is 29.9 Å². The van der Waals surface area contributed by atoms with Crippen LogP contribution in [-0.4, -0.2) is 17.8 Å². The van der Waals surface area contributed by atoms with Crippen molar-refractivity contribution in [1.29, 1.82) is 0 Å². The topological polar surface area (TPSA) is 25.2 Å². The van der Waals surface area contributed by atoms with Crippen molar-refractivity contribution in [2.45, 2.75) is 20.8 Å². The molecule has 0 atom stereocenters. The van der Waals surface area contributed by atoms with Crippen LogP contribution in [-0.2, 0) is 0 Å². The first-order valence-electron chi connectivity index (χ1n) is 6.05. The van der Waals surface area contributed by atoms with Crippen LogP contribution in [0.3, 0.4) is 0 Å². The Labute approximate surface area is 101 Å². The third-order valence-corrected chi connectivity index (χ3v) is 3.11. The summed E-state index contributed by atoms with van der Waals surface area (Å²) in [6.45, 7) is 8.01. The minimum absolute atomic E-state index is 0.0741. The maximum atomic E-state index is 12.1. The number of aromatic nitrogens is 1. The molecule has 0 aliphatic rings. The molecule has 3 nitrogen and oxygen atoms in total. The second-order valence-corrected chi connectivity index (χ2v) is 4.14. The Morgan fingerprint density at radius 2 is 1.82 bits per heavy atom. The number of rotatable bonds is 3. The molecule has 3 heteroatoms. The minimum Gasteiger partial charge on any atom is -0.313 e. The molecule has 0 spiro atoms. The summed E-state index contributed by atoms with van der Waals surface area (Å²) in [5, 5.41) is 3.18. The third-order valence-electron chi connectivity index (χ3n) is 3.11. The molecule has 0 aliphatic heterocycles. The zero-order chi connectivity index (χ0) is 12.4. The van der Waals surface area contributed by atoms with Crippen molar-refractivity contribution in [1.82, 2.24) is 4.68 Å². The van der Waals surface area contributed by atoms with E-state index >= 15 is 0 Å². The molecule has 0 radical (unpaired) electrons. The van der Waals surface area contributed by atoms with Gasteiger partial charge in [-0.05, 0) is 32.4 Å². The number of nitrogens with zero attached hydrogens (tertiary/aromatic N) is 2. The van der Waals surface area contributed by atoms with Crippen LogP contribution in [0.4, 0.5) is 0 Å². The van der Waals surface area contributed by atoms with Gasteiger partial charge in [0.1, 0.15) is 5.52 Å². The van der Waals surface area contributed by atoms with Crippen molar-refractivity contribution in [2.24, 2.45) is 0 Å². The van der Waals surface area contributed by atoms with Crippen LogP contribution in [0.25, 0.3) is 10.9 Å². The molecule has 0 fully saturated rings. The van der Waals surface area contributed by atoms with Gasteiger partial charge >= 0.3 is 0 Å². The summed E-state index contributed by atoms with van der Waals surface area (Å²) in [6, 6.07) is 7.35. The van der Waals surface area contributed by atoms with Gasteiger partial charge in [0.05, 0.1) is 0 Å². The zero-order valence-electron chi connectivity index (χ0n) is 10.6. The average Bonchev–Trinajstić information content (AvgIpc) is 2.52. The SMILES string of the molecule is CCN(CC)n1cc(C)c2ccccc(=O)c21. The van der Waals surface area contributed by atoms with Crippen LogP contribution in [0, 0.1) is 6.92 Å². The molecule has 0 unspecified atom stereocenters. The molecular weight excluding hydrogens is 212 g/mol. The number of hydrogen-bond donors (Lipinski definition) is 0. The van der Waals surface area contributed by atoms with Crippen LogP contribution >= 0.6 is 0 Å². The first kappa shape index (κ1) is 11.7. The first-order valence-corrected chi connectivity index (χ1v) is 6.05. The van der Waals surface area contributed by atoms with Gasteiger partial charge < -0.3 is 5.01 Å². The monoisotopic (exact) mass is 230 g/mol. The molecular formula is C14H18N2O. The molecule has 2 aromatic rings. The van der Waals surface area contributed by atoms with E-state index in [2.05, 4.69) is 18.9 Å². The molecule has 17 heavy (non-hydrogen) atoms. The largest absolute Gasteiger partial charge is 0.313 e. The number of aryl methyl sites for hydroxylation is 1. The van der Waals surface area contributed by atoms with Gasteiger partial charge in [-0.3, -0.25) is 9.47 Å². The lowest BCUT2D eigenvalue weighted by Gasteiger charge is -2.23. The van der Waals surface area contributed by atoms with E-state index in [-0.39, 0.29) is 5.43 Å². The van der Waals surface area contributed by atoms with E-state index in [1.165, 1.54) is 0 Å². The molecule has 1 aromatic carbocycles. The lowest BCUT2D eigenvalue weighted by atomic mass is 10.2. The molecule has 1 aromatic heterocycles. The van der Waals surface area contributed by atoms with Gasteiger partial charge in [0.15, 0.2) is 0 Å². The van der Waals surface area contributed by atoms with E-state index < -0.39 is 0 Å². The van der Waals surface area contributed by atoms with Gasteiger partial charge in [-0.2, -0.15) is 0 Å². The van der Waals surface area contributed by atoms with Crippen LogP contribution in [0.5, 0.6) is 0 Å². The predicted octanol–water partition coefficient (Wildman–Crippen LogP) is 2.29. The van der Waals surface area contributed by atoms with Gasteiger partial charge in [0.2, 0.25) is 5.43 Å². The van der Waals surface area contributed by atoms with E-state index in [0.717, 1.165) is 29.6 Å². The fraction of sp³-hybridized carbons (Fsp3) is 0.357. The first-order chi connectivity index (χ1) is 8.19. The Bertz CT molecular complexity index is 582. The molecule has 0 aliphatic carbocycles. The molecule has 0 saturated carbocycles. The molecule has 0 bridgehead atoms. The maximum Gasteiger partial charge on any atom is 0.204 e. The second-order valence-electron chi connectivity index (χ2n) is 4.14. The summed E-state index contributed by atoms with van der Waals surface area (Å²) in [5.41, 5.74) is 1.99. The normalized spacial score (nSPS) is 10.8. The van der Waals surface area contributed by atoms with E-state index in [1.54, 1.807) is 12.1 Å². The molecule has 0 saturated heterocycles.